The molecule has 112 valence electrons. The maximum Gasteiger partial charge on any atom is 0.245 e. The topological polar surface area (TPSA) is 37.4 Å². The molecule has 0 N–H and O–H groups in total. The van der Waals surface area contributed by atoms with Gasteiger partial charge in [-0.2, -0.15) is 4.31 Å². The quantitative estimate of drug-likeness (QED) is 0.821. The van der Waals surface area contributed by atoms with Gasteiger partial charge in [0.15, 0.2) is 0 Å². The molecule has 0 aliphatic carbocycles. The lowest BCUT2D eigenvalue weighted by atomic mass is 9.87. The van der Waals surface area contributed by atoms with Crippen LogP contribution in [0.15, 0.2) is 27.6 Å². The molecule has 1 aromatic rings. The van der Waals surface area contributed by atoms with E-state index in [1.54, 1.807) is 6.07 Å². The molecular formula is C14H19BrFNO2S. The summed E-state index contributed by atoms with van der Waals surface area (Å²) in [6.45, 7) is 5.26. The minimum absolute atomic E-state index is 0.233. The van der Waals surface area contributed by atoms with Crippen LogP contribution in [0.4, 0.5) is 4.39 Å². The molecule has 0 unspecified atom stereocenters. The van der Waals surface area contributed by atoms with Gasteiger partial charge in [-0.1, -0.05) is 29.8 Å². The minimum atomic E-state index is -3.72. The normalized spacial score (nSPS) is 18.6. The first-order valence-corrected chi connectivity index (χ1v) is 9.01. The molecule has 1 aliphatic heterocycles. The van der Waals surface area contributed by atoms with Crippen LogP contribution in [0.1, 0.15) is 26.7 Å². The third kappa shape index (κ3) is 3.23. The molecule has 20 heavy (non-hydrogen) atoms. The maximum atomic E-state index is 13.9. The Bertz CT molecular complexity index is 581. The number of benzene rings is 1. The average molecular weight is 364 g/mol. The lowest BCUT2D eigenvalue weighted by Gasteiger charge is -2.33. The van der Waals surface area contributed by atoms with Crippen LogP contribution in [0, 0.1) is 17.7 Å². The lowest BCUT2D eigenvalue weighted by Crippen LogP contribution is -2.39. The van der Waals surface area contributed by atoms with Crippen molar-refractivity contribution in [1.29, 1.82) is 0 Å². The van der Waals surface area contributed by atoms with E-state index in [0.29, 0.717) is 29.4 Å². The van der Waals surface area contributed by atoms with Gasteiger partial charge in [0.2, 0.25) is 10.0 Å². The highest BCUT2D eigenvalue weighted by molar-refractivity contribution is 9.10. The van der Waals surface area contributed by atoms with Gasteiger partial charge >= 0.3 is 0 Å². The van der Waals surface area contributed by atoms with Crippen LogP contribution in [-0.4, -0.2) is 25.8 Å². The largest absolute Gasteiger partial charge is 0.245 e. The number of halogens is 2. The molecule has 1 aliphatic rings. The molecule has 1 saturated heterocycles. The van der Waals surface area contributed by atoms with E-state index in [4.69, 9.17) is 0 Å². The molecule has 1 fully saturated rings. The molecule has 0 radical (unpaired) electrons. The van der Waals surface area contributed by atoms with E-state index in [0.717, 1.165) is 12.8 Å². The highest BCUT2D eigenvalue weighted by Gasteiger charge is 2.32. The number of piperidine rings is 1. The van der Waals surface area contributed by atoms with Crippen LogP contribution >= 0.6 is 15.9 Å². The summed E-state index contributed by atoms with van der Waals surface area (Å²) in [5.74, 6) is 0.408. The molecule has 3 nitrogen and oxygen atoms in total. The van der Waals surface area contributed by atoms with Crippen molar-refractivity contribution >= 4 is 26.0 Å². The van der Waals surface area contributed by atoms with Crippen LogP contribution < -0.4 is 0 Å². The SMILES string of the molecule is CC(C)C1CCN(S(=O)(=O)c2ccc(Br)cc2F)CC1. The summed E-state index contributed by atoms with van der Waals surface area (Å²) in [6, 6.07) is 4.06. The summed E-state index contributed by atoms with van der Waals surface area (Å²) in [7, 11) is -3.72. The first-order valence-electron chi connectivity index (χ1n) is 6.77. The summed E-state index contributed by atoms with van der Waals surface area (Å²) >= 11 is 3.13. The van der Waals surface area contributed by atoms with E-state index in [9.17, 15) is 12.8 Å². The summed E-state index contributed by atoms with van der Waals surface area (Å²) in [6.07, 6.45) is 1.68. The second-order valence-corrected chi connectivity index (χ2v) is 8.38. The second-order valence-electron chi connectivity index (χ2n) is 5.56. The maximum absolute atomic E-state index is 13.9. The van der Waals surface area contributed by atoms with Crippen LogP contribution in [0.3, 0.4) is 0 Å². The van der Waals surface area contributed by atoms with Crippen LogP contribution in [0.2, 0.25) is 0 Å². The van der Waals surface area contributed by atoms with Gasteiger partial charge < -0.3 is 0 Å². The first kappa shape index (κ1) is 15.9. The molecule has 1 aromatic carbocycles. The highest BCUT2D eigenvalue weighted by Crippen LogP contribution is 2.29. The van der Waals surface area contributed by atoms with Crippen molar-refractivity contribution < 1.29 is 12.8 Å². The summed E-state index contributed by atoms with van der Waals surface area (Å²) in [4.78, 5) is -0.233. The number of nitrogens with zero attached hydrogens (tertiary/aromatic N) is 1. The van der Waals surface area contributed by atoms with Crippen molar-refractivity contribution in [3.8, 4) is 0 Å². The fourth-order valence-corrected chi connectivity index (χ4v) is 4.45. The zero-order valence-corrected chi connectivity index (χ0v) is 14.0. The number of hydrogen-bond acceptors (Lipinski definition) is 2. The molecule has 2 rings (SSSR count). The summed E-state index contributed by atoms with van der Waals surface area (Å²) in [5.41, 5.74) is 0. The third-order valence-corrected chi connectivity index (χ3v) is 6.38. The van der Waals surface area contributed by atoms with Crippen LogP contribution in [0.5, 0.6) is 0 Å². The third-order valence-electron chi connectivity index (χ3n) is 3.95. The van der Waals surface area contributed by atoms with Crippen molar-refractivity contribution in [3.05, 3.63) is 28.5 Å². The van der Waals surface area contributed by atoms with E-state index < -0.39 is 15.8 Å². The predicted molar refractivity (Wildman–Crippen MR) is 80.4 cm³/mol. The standard InChI is InChI=1S/C14H19BrFNO2S/c1-10(2)11-5-7-17(8-6-11)20(18,19)14-4-3-12(15)9-13(14)16/h3-4,9-11H,5-8H2,1-2H3. The van der Waals surface area contributed by atoms with Crippen molar-refractivity contribution in [3.63, 3.8) is 0 Å². The Morgan fingerprint density at radius 3 is 2.40 bits per heavy atom. The van der Waals surface area contributed by atoms with E-state index >= 15 is 0 Å². The zero-order chi connectivity index (χ0) is 14.9. The first-order chi connectivity index (χ1) is 9.32. The number of rotatable bonds is 3. The number of sulfonamides is 1. The Morgan fingerprint density at radius 1 is 1.30 bits per heavy atom. The van der Waals surface area contributed by atoms with Gasteiger partial charge in [0.05, 0.1) is 0 Å². The Morgan fingerprint density at radius 2 is 1.90 bits per heavy atom. The van der Waals surface area contributed by atoms with Crippen LogP contribution in [0.25, 0.3) is 0 Å². The molecule has 0 bridgehead atoms. The Balaban J connectivity index is 2.20. The van der Waals surface area contributed by atoms with E-state index in [-0.39, 0.29) is 4.90 Å². The van der Waals surface area contributed by atoms with E-state index in [1.807, 2.05) is 0 Å². The molecule has 0 aromatic heterocycles. The fourth-order valence-electron chi connectivity index (χ4n) is 2.61. The highest BCUT2D eigenvalue weighted by atomic mass is 79.9. The Hall–Kier alpha value is -0.460. The van der Waals surface area contributed by atoms with Gasteiger partial charge in [-0.25, -0.2) is 12.8 Å². The lowest BCUT2D eigenvalue weighted by molar-refractivity contribution is 0.226. The van der Waals surface area contributed by atoms with Gasteiger partial charge in [-0.3, -0.25) is 0 Å². The van der Waals surface area contributed by atoms with Crippen molar-refractivity contribution in [2.75, 3.05) is 13.1 Å². The molecular weight excluding hydrogens is 345 g/mol. The molecule has 1 heterocycles. The van der Waals surface area contributed by atoms with E-state index in [2.05, 4.69) is 29.8 Å². The smallest absolute Gasteiger partial charge is 0.207 e. The molecule has 6 heteroatoms. The van der Waals surface area contributed by atoms with Crippen molar-refractivity contribution in [1.82, 2.24) is 4.31 Å². The van der Waals surface area contributed by atoms with E-state index in [1.165, 1.54) is 16.4 Å². The number of hydrogen-bond donors (Lipinski definition) is 0. The summed E-state index contributed by atoms with van der Waals surface area (Å²) < 4.78 is 40.7. The van der Waals surface area contributed by atoms with Crippen molar-refractivity contribution in [2.24, 2.45) is 11.8 Å². The van der Waals surface area contributed by atoms with Gasteiger partial charge in [-0.05, 0) is 42.9 Å². The van der Waals surface area contributed by atoms with Crippen molar-refractivity contribution in [2.45, 2.75) is 31.6 Å². The minimum Gasteiger partial charge on any atom is -0.207 e. The van der Waals surface area contributed by atoms with Gasteiger partial charge in [-0.15, -0.1) is 0 Å². The van der Waals surface area contributed by atoms with Gasteiger partial charge in [0.25, 0.3) is 0 Å². The predicted octanol–water partition coefficient (Wildman–Crippen LogP) is 3.64. The Labute approximate surface area is 128 Å². The monoisotopic (exact) mass is 363 g/mol. The fraction of sp³-hybridized carbons (Fsp3) is 0.571. The second kappa shape index (κ2) is 6.12. The molecule has 0 amide bonds. The Kier molecular flexibility index (Phi) is 4.87. The van der Waals surface area contributed by atoms with Crippen LogP contribution in [-0.2, 0) is 10.0 Å². The molecule has 0 spiro atoms. The summed E-state index contributed by atoms with van der Waals surface area (Å²) in [5, 5.41) is 0. The van der Waals surface area contributed by atoms with Gasteiger partial charge in [0, 0.05) is 17.6 Å². The average Bonchev–Trinajstić information content (AvgIpc) is 2.38. The zero-order valence-electron chi connectivity index (χ0n) is 11.6. The molecule has 0 saturated carbocycles. The van der Waals surface area contributed by atoms with Gasteiger partial charge in [0.1, 0.15) is 10.7 Å². The molecule has 0 atom stereocenters.